The third kappa shape index (κ3) is 7.10. The van der Waals surface area contributed by atoms with Crippen molar-refractivity contribution < 1.29 is 38.4 Å². The van der Waals surface area contributed by atoms with Gasteiger partial charge in [-0.05, 0) is 24.3 Å². The number of aromatic nitrogens is 1. The number of carbonyl (C=O) groups is 2. The second kappa shape index (κ2) is 13.5. The van der Waals surface area contributed by atoms with Gasteiger partial charge in [-0.25, -0.2) is 4.98 Å². The smallest absolute Gasteiger partial charge is 0.550 e. The number of rotatable bonds is 10. The van der Waals surface area contributed by atoms with Crippen LogP contribution in [-0.4, -0.2) is 93.2 Å². The third-order valence-corrected chi connectivity index (χ3v) is 6.65. The predicted octanol–water partition coefficient (Wildman–Crippen LogP) is 2.34. The first kappa shape index (κ1) is 32.2. The van der Waals surface area contributed by atoms with Crippen LogP contribution in [0.25, 0.3) is 0 Å². The number of oxazole rings is 1. The van der Waals surface area contributed by atoms with Gasteiger partial charge in [0, 0.05) is 52.8 Å². The molecule has 10 nitrogen and oxygen atoms in total. The summed E-state index contributed by atoms with van der Waals surface area (Å²) in [5, 5.41) is 21.4. The predicted molar refractivity (Wildman–Crippen MR) is 146 cm³/mol. The monoisotopic (exact) mass is 597 g/mol. The molecule has 4 rings (SSSR count). The second-order valence-corrected chi connectivity index (χ2v) is 10.4. The van der Waals surface area contributed by atoms with Crippen molar-refractivity contribution in [1.82, 2.24) is 4.98 Å². The minimum absolute atomic E-state index is 0. The molecule has 0 spiro atoms. The fourth-order valence-corrected chi connectivity index (χ4v) is 4.71. The molecule has 1 amide bonds. The molecule has 1 aliphatic rings. The number of aliphatic carboxylic acids is 1. The van der Waals surface area contributed by atoms with Gasteiger partial charge in [0.15, 0.2) is 17.4 Å². The molecule has 0 saturated heterocycles. The number of hydrogen-bond acceptors (Lipinski definition) is 9. The van der Waals surface area contributed by atoms with E-state index in [0.29, 0.717) is 33.3 Å². The van der Waals surface area contributed by atoms with Crippen LogP contribution in [0, 0.1) is 5.41 Å². The quantitative estimate of drug-likeness (QED) is 0.349. The van der Waals surface area contributed by atoms with Crippen LogP contribution < -0.4 is 19.5 Å². The average Bonchev–Trinajstić information content (AvgIpc) is 3.30. The number of para-hydroxylation sites is 1. The summed E-state index contributed by atoms with van der Waals surface area (Å²) in [6.45, 7) is 3.71. The van der Waals surface area contributed by atoms with Gasteiger partial charge in [0.25, 0.3) is 5.91 Å². The standard InChI is InChI=1S/C28H31ClN2O8.Ca/c1-28(2,15-32)14-31-20-9-8-16(29)10-19(20)25(18-6-5-7-21(36-3)26(18)37-4)39-22(27(31)35)12-23-30-13-17(38-23)11-24(33)34;/h5-10,13,22,25,32H,11-12,14-15H2,1-4H3,(H,33,34);/q;+2/p-1/t22-,25-;/m1./s1. The van der Waals surface area contributed by atoms with E-state index >= 15 is 0 Å². The molecule has 0 unspecified atom stereocenters. The van der Waals surface area contributed by atoms with Crippen LogP contribution in [0.4, 0.5) is 5.69 Å². The molecule has 0 bridgehead atoms. The maximum atomic E-state index is 14.1. The summed E-state index contributed by atoms with van der Waals surface area (Å²) in [7, 11) is 3.04. The van der Waals surface area contributed by atoms with Gasteiger partial charge in [0.2, 0.25) is 0 Å². The van der Waals surface area contributed by atoms with Gasteiger partial charge >= 0.3 is 37.7 Å². The molecule has 2 heterocycles. The van der Waals surface area contributed by atoms with Crippen molar-refractivity contribution in [2.45, 2.75) is 38.9 Å². The number of ether oxygens (including phenoxy) is 3. The summed E-state index contributed by atoms with van der Waals surface area (Å²) in [5.74, 6) is -0.555. The topological polar surface area (TPSA) is 134 Å². The molecule has 208 valence electrons. The minimum atomic E-state index is -1.31. The Hall–Kier alpha value is -2.34. The van der Waals surface area contributed by atoms with Gasteiger partial charge in [-0.1, -0.05) is 37.6 Å². The average molecular weight is 598 g/mol. The van der Waals surface area contributed by atoms with Crippen LogP contribution in [0.1, 0.15) is 42.7 Å². The van der Waals surface area contributed by atoms with Crippen LogP contribution in [0.15, 0.2) is 47.0 Å². The van der Waals surface area contributed by atoms with Crippen LogP contribution in [-0.2, 0) is 27.2 Å². The molecule has 0 saturated carbocycles. The van der Waals surface area contributed by atoms with E-state index in [2.05, 4.69) is 4.98 Å². The summed E-state index contributed by atoms with van der Waals surface area (Å²) >= 11 is 6.44. The Balaban J connectivity index is 0.00000441. The number of anilines is 1. The Morgan fingerprint density at radius 2 is 1.95 bits per heavy atom. The van der Waals surface area contributed by atoms with Crippen molar-refractivity contribution in [3.8, 4) is 11.5 Å². The molecule has 12 heteroatoms. The molecule has 3 aromatic rings. The molecule has 2 aromatic carbocycles. The summed E-state index contributed by atoms with van der Waals surface area (Å²) in [5.41, 5.74) is 1.14. The number of carbonyl (C=O) groups excluding carboxylic acids is 2. The van der Waals surface area contributed by atoms with Gasteiger partial charge in [-0.3, -0.25) is 4.79 Å². The molecule has 40 heavy (non-hydrogen) atoms. The number of aliphatic hydroxyl groups excluding tert-OH is 1. The molecule has 1 aliphatic heterocycles. The SMILES string of the molecule is COc1cccc([C@H]2O[C@H](Cc3ncc(CC(=O)[O-])o3)C(=O)N(CC(C)(C)CO)c3ccc(Cl)cc32)c1OC.[Ca+2]. The Morgan fingerprint density at radius 3 is 2.60 bits per heavy atom. The number of benzene rings is 2. The molecule has 0 aliphatic carbocycles. The Labute approximate surface area is 267 Å². The third-order valence-electron chi connectivity index (χ3n) is 6.41. The minimum Gasteiger partial charge on any atom is -0.550 e. The summed E-state index contributed by atoms with van der Waals surface area (Å²) in [6.07, 6.45) is -1.15. The van der Waals surface area contributed by atoms with E-state index in [-0.39, 0.29) is 74.9 Å². The first-order valence-corrected chi connectivity index (χ1v) is 12.7. The number of nitrogens with zero attached hydrogens (tertiary/aromatic N) is 2. The fraction of sp³-hybridized carbons (Fsp3) is 0.393. The van der Waals surface area contributed by atoms with Gasteiger partial charge < -0.3 is 38.5 Å². The molecular formula is C28H30CaClN2O8+. The number of aliphatic hydroxyl groups is 1. The normalized spacial score (nSPS) is 17.1. The van der Waals surface area contributed by atoms with E-state index in [1.54, 1.807) is 35.2 Å². The maximum Gasteiger partial charge on any atom is 2.00 e. The van der Waals surface area contributed by atoms with E-state index in [9.17, 15) is 19.8 Å². The number of amides is 1. The van der Waals surface area contributed by atoms with Crippen molar-refractivity contribution in [1.29, 1.82) is 0 Å². The molecule has 1 aromatic heterocycles. The van der Waals surface area contributed by atoms with Crippen molar-refractivity contribution in [3.63, 3.8) is 0 Å². The summed E-state index contributed by atoms with van der Waals surface area (Å²) < 4.78 is 23.3. The van der Waals surface area contributed by atoms with Crippen molar-refractivity contribution in [2.75, 3.05) is 32.3 Å². The fourth-order valence-electron chi connectivity index (χ4n) is 4.53. The zero-order valence-electron chi connectivity index (χ0n) is 22.8. The van der Waals surface area contributed by atoms with Crippen LogP contribution >= 0.6 is 11.6 Å². The Kier molecular flexibility index (Phi) is 10.9. The van der Waals surface area contributed by atoms with Crippen LogP contribution in [0.3, 0.4) is 0 Å². The number of carboxylic acid groups (broad SMARTS) is 1. The van der Waals surface area contributed by atoms with Crippen molar-refractivity contribution >= 4 is 66.9 Å². The van der Waals surface area contributed by atoms with E-state index in [0.717, 1.165) is 0 Å². The van der Waals surface area contributed by atoms with Gasteiger partial charge in [-0.15, -0.1) is 0 Å². The first-order chi connectivity index (χ1) is 18.6. The van der Waals surface area contributed by atoms with E-state index in [4.69, 9.17) is 30.2 Å². The number of methoxy groups -OCH3 is 2. The molecule has 0 radical (unpaired) electrons. The van der Waals surface area contributed by atoms with Crippen molar-refractivity contribution in [3.05, 3.63) is 70.4 Å². The number of halogens is 1. The van der Waals surface area contributed by atoms with Crippen molar-refractivity contribution in [2.24, 2.45) is 5.41 Å². The maximum absolute atomic E-state index is 14.1. The molecular weight excluding hydrogens is 568 g/mol. The number of carboxylic acids is 1. The molecule has 1 N–H and O–H groups in total. The van der Waals surface area contributed by atoms with E-state index in [1.807, 2.05) is 19.9 Å². The second-order valence-electron chi connectivity index (χ2n) is 10.0. The first-order valence-electron chi connectivity index (χ1n) is 12.3. The van der Waals surface area contributed by atoms with E-state index < -0.39 is 30.0 Å². The Morgan fingerprint density at radius 1 is 1.20 bits per heavy atom. The zero-order chi connectivity index (χ0) is 28.3. The summed E-state index contributed by atoms with van der Waals surface area (Å²) in [6, 6.07) is 10.5. The van der Waals surface area contributed by atoms with Crippen LogP contribution in [0.2, 0.25) is 5.02 Å². The van der Waals surface area contributed by atoms with Gasteiger partial charge in [0.05, 0.1) is 26.8 Å². The van der Waals surface area contributed by atoms with Crippen LogP contribution in [0.5, 0.6) is 11.5 Å². The Bertz CT molecular complexity index is 1360. The summed E-state index contributed by atoms with van der Waals surface area (Å²) in [4.78, 5) is 30.8. The molecule has 2 atom stereocenters. The zero-order valence-corrected chi connectivity index (χ0v) is 25.8. The number of hydrogen-bond donors (Lipinski definition) is 1. The van der Waals surface area contributed by atoms with E-state index in [1.165, 1.54) is 20.4 Å². The van der Waals surface area contributed by atoms with Gasteiger partial charge in [0.1, 0.15) is 18.0 Å². The number of fused-ring (bicyclic) bond motifs is 1. The largest absolute Gasteiger partial charge is 2.00 e. The van der Waals surface area contributed by atoms with Gasteiger partial charge in [-0.2, -0.15) is 0 Å². The molecule has 0 fully saturated rings.